The van der Waals surface area contributed by atoms with Crippen molar-refractivity contribution in [3.63, 3.8) is 0 Å². The number of benzene rings is 2. The summed E-state index contributed by atoms with van der Waals surface area (Å²) in [6.07, 6.45) is 1.79. The Labute approximate surface area is 160 Å². The van der Waals surface area contributed by atoms with E-state index in [-0.39, 0.29) is 17.9 Å². The minimum Gasteiger partial charge on any atom is -0.355 e. The number of fused-ring (bicyclic) bond motifs is 1. The molecule has 0 unspecified atom stereocenters. The lowest BCUT2D eigenvalue weighted by atomic mass is 10.1. The number of rotatable bonds is 4. The molecule has 25 heavy (non-hydrogen) atoms. The fraction of sp³-hybridized carbons (Fsp3) is 0.250. The van der Waals surface area contributed by atoms with E-state index in [9.17, 15) is 0 Å². The Balaban J connectivity index is 0.00000225. The van der Waals surface area contributed by atoms with E-state index in [2.05, 4.69) is 60.7 Å². The molecule has 0 saturated carbocycles. The largest absolute Gasteiger partial charge is 0.355 e. The molecule has 132 valence electrons. The maximum absolute atomic E-state index is 6.04. The summed E-state index contributed by atoms with van der Waals surface area (Å²) in [6, 6.07) is 16.2. The predicted octanol–water partition coefficient (Wildman–Crippen LogP) is 5.94. The molecule has 2 aromatic carbocycles. The van der Waals surface area contributed by atoms with Gasteiger partial charge >= 0.3 is 0 Å². The highest BCUT2D eigenvalue weighted by atomic mass is 35.5. The zero-order chi connectivity index (χ0) is 17.2. The molecular formula is C20H23Cl2N3. The van der Waals surface area contributed by atoms with Gasteiger partial charge in [-0.2, -0.15) is 0 Å². The minimum absolute atomic E-state index is 0. The maximum atomic E-state index is 6.04. The van der Waals surface area contributed by atoms with Crippen molar-refractivity contribution in [3.05, 3.63) is 65.3 Å². The summed E-state index contributed by atoms with van der Waals surface area (Å²) in [4.78, 5) is 4.37. The highest BCUT2D eigenvalue weighted by molar-refractivity contribution is 6.31. The molecule has 1 heterocycles. The van der Waals surface area contributed by atoms with Gasteiger partial charge < -0.3 is 10.6 Å². The first-order valence-corrected chi connectivity index (χ1v) is 8.44. The summed E-state index contributed by atoms with van der Waals surface area (Å²) in [5.41, 5.74) is 4.35. The minimum atomic E-state index is 0. The lowest BCUT2D eigenvalue weighted by molar-refractivity contribution is 0.424. The Morgan fingerprint density at radius 1 is 1.00 bits per heavy atom. The fourth-order valence-corrected chi connectivity index (χ4v) is 2.63. The standard InChI is InChI=1S/C20H22ClN3.ClH/c1-20(2,3)23-13-14-4-7-16(8-5-14)24-18-10-11-22-19-12-15(21)6-9-17(18)19;/h4-12,23H,13H2,1-3H3,(H,22,24);1H. The quantitative estimate of drug-likeness (QED) is 0.592. The van der Waals surface area contributed by atoms with E-state index in [0.717, 1.165) is 28.8 Å². The van der Waals surface area contributed by atoms with Gasteiger partial charge in [0.05, 0.1) is 5.52 Å². The molecule has 3 rings (SSSR count). The van der Waals surface area contributed by atoms with Crippen molar-refractivity contribution in [2.75, 3.05) is 5.32 Å². The van der Waals surface area contributed by atoms with E-state index < -0.39 is 0 Å². The monoisotopic (exact) mass is 375 g/mol. The van der Waals surface area contributed by atoms with Crippen LogP contribution >= 0.6 is 24.0 Å². The number of halogens is 2. The second-order valence-corrected chi connectivity index (χ2v) is 7.38. The van der Waals surface area contributed by atoms with E-state index in [4.69, 9.17) is 11.6 Å². The van der Waals surface area contributed by atoms with Crippen molar-refractivity contribution in [2.45, 2.75) is 32.9 Å². The molecule has 0 radical (unpaired) electrons. The highest BCUT2D eigenvalue weighted by Crippen LogP contribution is 2.27. The zero-order valence-electron chi connectivity index (χ0n) is 14.6. The summed E-state index contributed by atoms with van der Waals surface area (Å²) in [6.45, 7) is 7.37. The molecule has 3 aromatic rings. The number of nitrogens with one attached hydrogen (secondary N) is 2. The zero-order valence-corrected chi connectivity index (χ0v) is 16.2. The Hall–Kier alpha value is -1.81. The van der Waals surface area contributed by atoms with Gasteiger partial charge in [0.25, 0.3) is 0 Å². The van der Waals surface area contributed by atoms with Crippen LogP contribution in [-0.2, 0) is 6.54 Å². The molecule has 5 heteroatoms. The van der Waals surface area contributed by atoms with Crippen LogP contribution in [0.15, 0.2) is 54.7 Å². The Bertz CT molecular complexity index is 840. The molecule has 0 aliphatic rings. The van der Waals surface area contributed by atoms with Crippen molar-refractivity contribution >= 4 is 46.3 Å². The molecule has 0 saturated heterocycles. The maximum Gasteiger partial charge on any atom is 0.0737 e. The van der Waals surface area contributed by atoms with E-state index in [1.165, 1.54) is 5.56 Å². The Morgan fingerprint density at radius 3 is 2.40 bits per heavy atom. The van der Waals surface area contributed by atoms with Gasteiger partial charge in [0.2, 0.25) is 0 Å². The number of hydrogen-bond acceptors (Lipinski definition) is 3. The van der Waals surface area contributed by atoms with Crippen LogP contribution in [0.5, 0.6) is 0 Å². The fourth-order valence-electron chi connectivity index (χ4n) is 2.46. The van der Waals surface area contributed by atoms with E-state index in [1.54, 1.807) is 6.20 Å². The molecule has 0 fully saturated rings. The van der Waals surface area contributed by atoms with Crippen LogP contribution in [0, 0.1) is 0 Å². The molecule has 0 bridgehead atoms. The van der Waals surface area contributed by atoms with Gasteiger partial charge in [-0.1, -0.05) is 23.7 Å². The molecular weight excluding hydrogens is 353 g/mol. The van der Waals surface area contributed by atoms with Crippen LogP contribution in [0.3, 0.4) is 0 Å². The molecule has 2 N–H and O–H groups in total. The Morgan fingerprint density at radius 2 is 1.72 bits per heavy atom. The van der Waals surface area contributed by atoms with Crippen LogP contribution < -0.4 is 10.6 Å². The van der Waals surface area contributed by atoms with Crippen molar-refractivity contribution in [1.29, 1.82) is 0 Å². The van der Waals surface area contributed by atoms with Crippen LogP contribution in [0.2, 0.25) is 5.02 Å². The van der Waals surface area contributed by atoms with Gasteiger partial charge in [-0.15, -0.1) is 12.4 Å². The van der Waals surface area contributed by atoms with Gasteiger partial charge in [-0.3, -0.25) is 4.98 Å². The summed E-state index contributed by atoms with van der Waals surface area (Å²) in [5, 5.41) is 8.71. The molecule has 3 nitrogen and oxygen atoms in total. The smallest absolute Gasteiger partial charge is 0.0737 e. The van der Waals surface area contributed by atoms with Crippen molar-refractivity contribution < 1.29 is 0 Å². The first kappa shape index (κ1) is 19.5. The topological polar surface area (TPSA) is 37.0 Å². The number of pyridine rings is 1. The average molecular weight is 376 g/mol. The van der Waals surface area contributed by atoms with Crippen LogP contribution in [-0.4, -0.2) is 10.5 Å². The normalized spacial score (nSPS) is 11.2. The van der Waals surface area contributed by atoms with Crippen LogP contribution in [0.4, 0.5) is 11.4 Å². The first-order chi connectivity index (χ1) is 11.4. The highest BCUT2D eigenvalue weighted by Gasteiger charge is 2.08. The van der Waals surface area contributed by atoms with Crippen molar-refractivity contribution in [3.8, 4) is 0 Å². The second kappa shape index (κ2) is 8.05. The summed E-state index contributed by atoms with van der Waals surface area (Å²) >= 11 is 6.04. The van der Waals surface area contributed by atoms with Gasteiger partial charge in [0.15, 0.2) is 0 Å². The SMILES string of the molecule is CC(C)(C)NCc1ccc(Nc2ccnc3cc(Cl)ccc23)cc1.Cl. The van der Waals surface area contributed by atoms with Gasteiger partial charge in [-0.25, -0.2) is 0 Å². The summed E-state index contributed by atoms with van der Waals surface area (Å²) in [7, 11) is 0. The number of hydrogen-bond donors (Lipinski definition) is 2. The molecule has 0 spiro atoms. The average Bonchev–Trinajstić information content (AvgIpc) is 2.53. The van der Waals surface area contributed by atoms with Gasteiger partial charge in [-0.05, 0) is 62.7 Å². The van der Waals surface area contributed by atoms with E-state index in [1.807, 2.05) is 24.3 Å². The number of aromatic nitrogens is 1. The van der Waals surface area contributed by atoms with Gasteiger partial charge in [0.1, 0.15) is 0 Å². The molecule has 0 aliphatic carbocycles. The Kier molecular flexibility index (Phi) is 6.28. The third-order valence-electron chi connectivity index (χ3n) is 3.76. The molecule has 0 atom stereocenters. The third kappa shape index (κ3) is 5.33. The van der Waals surface area contributed by atoms with Crippen molar-refractivity contribution in [2.24, 2.45) is 0 Å². The summed E-state index contributed by atoms with van der Waals surface area (Å²) in [5.74, 6) is 0. The molecule has 1 aromatic heterocycles. The lowest BCUT2D eigenvalue weighted by Crippen LogP contribution is -2.35. The van der Waals surface area contributed by atoms with Crippen LogP contribution in [0.25, 0.3) is 10.9 Å². The lowest BCUT2D eigenvalue weighted by Gasteiger charge is -2.20. The summed E-state index contributed by atoms with van der Waals surface area (Å²) < 4.78 is 0. The number of anilines is 2. The van der Waals surface area contributed by atoms with Crippen molar-refractivity contribution in [1.82, 2.24) is 10.3 Å². The van der Waals surface area contributed by atoms with Crippen LogP contribution in [0.1, 0.15) is 26.3 Å². The molecule has 0 aliphatic heterocycles. The predicted molar refractivity (Wildman–Crippen MR) is 110 cm³/mol. The van der Waals surface area contributed by atoms with E-state index in [0.29, 0.717) is 5.02 Å². The molecule has 0 amide bonds. The second-order valence-electron chi connectivity index (χ2n) is 6.95. The van der Waals surface area contributed by atoms with Gasteiger partial charge in [0, 0.05) is 40.1 Å². The third-order valence-corrected chi connectivity index (χ3v) is 4.00. The van der Waals surface area contributed by atoms with E-state index >= 15 is 0 Å². The first-order valence-electron chi connectivity index (χ1n) is 8.06. The number of nitrogens with zero attached hydrogens (tertiary/aromatic N) is 1.